The third-order valence-electron chi connectivity index (χ3n) is 2.54. The lowest BCUT2D eigenvalue weighted by atomic mass is 10.3. The van der Waals surface area contributed by atoms with Gasteiger partial charge in [0.05, 0.1) is 3.79 Å². The molecule has 0 unspecified atom stereocenters. The molecule has 4 nitrogen and oxygen atoms in total. The number of hydrogen-bond donors (Lipinski definition) is 2. The number of anilines is 2. The van der Waals surface area contributed by atoms with Crippen LogP contribution in [0, 0.1) is 0 Å². The first-order valence-corrected chi connectivity index (χ1v) is 7.61. The number of halogens is 4. The normalized spacial score (nSPS) is 11.5. The molecule has 0 aliphatic carbocycles. The van der Waals surface area contributed by atoms with E-state index < -0.39 is 12.0 Å². The van der Waals surface area contributed by atoms with E-state index in [-0.39, 0.29) is 11.6 Å². The molecule has 0 fully saturated rings. The summed E-state index contributed by atoms with van der Waals surface area (Å²) in [6, 6.07) is 5.35. The van der Waals surface area contributed by atoms with Crippen LogP contribution in [0.4, 0.5) is 24.8 Å². The molecule has 114 valence electrons. The van der Waals surface area contributed by atoms with Crippen LogP contribution in [0.3, 0.4) is 0 Å². The van der Waals surface area contributed by atoms with Crippen LogP contribution in [-0.4, -0.2) is 23.6 Å². The summed E-state index contributed by atoms with van der Waals surface area (Å²) < 4.78 is 39.1. The van der Waals surface area contributed by atoms with E-state index in [1.54, 1.807) is 11.3 Å². The van der Waals surface area contributed by atoms with Gasteiger partial charge in [0.15, 0.2) is 0 Å². The van der Waals surface area contributed by atoms with Gasteiger partial charge in [-0.3, -0.25) is 0 Å². The fraction of sp³-hybridized carbons (Fsp3) is 0.333. The highest BCUT2D eigenvalue weighted by molar-refractivity contribution is 9.11. The second-order valence-corrected chi connectivity index (χ2v) is 6.64. The third kappa shape index (κ3) is 4.57. The van der Waals surface area contributed by atoms with Gasteiger partial charge in [0.25, 0.3) is 0 Å². The number of rotatable bonds is 5. The second kappa shape index (κ2) is 6.61. The quantitative estimate of drug-likeness (QED) is 0.822. The van der Waals surface area contributed by atoms with E-state index in [0.29, 0.717) is 13.0 Å². The molecular weight excluding hydrogens is 369 g/mol. The topological polar surface area (TPSA) is 49.8 Å². The summed E-state index contributed by atoms with van der Waals surface area (Å²) in [4.78, 5) is 8.03. The van der Waals surface area contributed by atoms with Crippen LogP contribution in [0.1, 0.15) is 10.7 Å². The molecule has 0 amide bonds. The Balaban J connectivity index is 2.05. The van der Waals surface area contributed by atoms with Crippen molar-refractivity contribution in [3.05, 3.63) is 32.7 Å². The first-order chi connectivity index (χ1) is 9.88. The maximum atomic E-state index is 12.7. The molecule has 0 saturated heterocycles. The lowest BCUT2D eigenvalue weighted by Crippen LogP contribution is -2.15. The number of nitrogens with one attached hydrogen (secondary N) is 2. The highest BCUT2D eigenvalue weighted by Crippen LogP contribution is 2.28. The van der Waals surface area contributed by atoms with Gasteiger partial charge < -0.3 is 10.6 Å². The van der Waals surface area contributed by atoms with Gasteiger partial charge in [0, 0.05) is 24.5 Å². The fourth-order valence-electron chi connectivity index (χ4n) is 1.59. The SMILES string of the molecule is CNc1cc(NCCc2ccc(Br)s2)nc(C(F)(F)F)n1. The number of thiophene rings is 1. The maximum absolute atomic E-state index is 12.7. The van der Waals surface area contributed by atoms with Crippen molar-refractivity contribution in [2.24, 2.45) is 0 Å². The smallest absolute Gasteiger partial charge is 0.373 e. The Hall–Kier alpha value is -1.35. The minimum absolute atomic E-state index is 0.124. The Morgan fingerprint density at radius 1 is 1.24 bits per heavy atom. The number of nitrogens with zero attached hydrogens (tertiary/aromatic N) is 2. The standard InChI is InChI=1S/C12H12BrF3N4S/c1-17-9-6-10(20-11(19-9)12(14,15)16)18-5-4-7-2-3-8(13)21-7/h2-3,6H,4-5H2,1H3,(H2,17,18,19,20). The van der Waals surface area contributed by atoms with Crippen molar-refractivity contribution in [2.75, 3.05) is 24.2 Å². The number of alkyl halides is 3. The minimum atomic E-state index is -4.57. The van der Waals surface area contributed by atoms with E-state index in [1.165, 1.54) is 13.1 Å². The highest BCUT2D eigenvalue weighted by Gasteiger charge is 2.35. The van der Waals surface area contributed by atoms with E-state index in [1.807, 2.05) is 12.1 Å². The predicted molar refractivity (Wildman–Crippen MR) is 80.8 cm³/mol. The van der Waals surface area contributed by atoms with Gasteiger partial charge >= 0.3 is 6.18 Å². The molecule has 2 heterocycles. The molecule has 21 heavy (non-hydrogen) atoms. The van der Waals surface area contributed by atoms with Gasteiger partial charge in [0.2, 0.25) is 5.82 Å². The van der Waals surface area contributed by atoms with Crippen molar-refractivity contribution in [3.63, 3.8) is 0 Å². The maximum Gasteiger partial charge on any atom is 0.451 e. The Labute approximate surface area is 131 Å². The average molecular weight is 381 g/mol. The van der Waals surface area contributed by atoms with Crippen molar-refractivity contribution in [1.29, 1.82) is 0 Å². The molecule has 2 rings (SSSR count). The summed E-state index contributed by atoms with van der Waals surface area (Å²) in [6.07, 6.45) is -3.86. The van der Waals surface area contributed by atoms with E-state index in [2.05, 4.69) is 36.5 Å². The first kappa shape index (κ1) is 16.0. The summed E-state index contributed by atoms with van der Waals surface area (Å²) >= 11 is 4.95. The van der Waals surface area contributed by atoms with Gasteiger partial charge in [-0.2, -0.15) is 13.2 Å². The minimum Gasteiger partial charge on any atom is -0.373 e. The Morgan fingerprint density at radius 2 is 1.95 bits per heavy atom. The molecular formula is C12H12BrF3N4S. The van der Waals surface area contributed by atoms with E-state index in [4.69, 9.17) is 0 Å². The molecule has 0 saturated carbocycles. The Kier molecular flexibility index (Phi) is 5.04. The first-order valence-electron chi connectivity index (χ1n) is 6.00. The molecule has 0 spiro atoms. The van der Waals surface area contributed by atoms with E-state index >= 15 is 0 Å². The number of aromatic nitrogens is 2. The summed E-state index contributed by atoms with van der Waals surface area (Å²) in [5.74, 6) is -0.883. The second-order valence-electron chi connectivity index (χ2n) is 4.09. The van der Waals surface area contributed by atoms with Gasteiger partial charge in [0.1, 0.15) is 11.6 Å². The third-order valence-corrected chi connectivity index (χ3v) is 4.23. The van der Waals surface area contributed by atoms with Crippen molar-refractivity contribution >= 4 is 38.9 Å². The largest absolute Gasteiger partial charge is 0.451 e. The van der Waals surface area contributed by atoms with Gasteiger partial charge in [-0.15, -0.1) is 11.3 Å². The van der Waals surface area contributed by atoms with Crippen LogP contribution < -0.4 is 10.6 Å². The van der Waals surface area contributed by atoms with Crippen molar-refractivity contribution in [3.8, 4) is 0 Å². The average Bonchev–Trinajstić information content (AvgIpc) is 2.83. The zero-order valence-corrected chi connectivity index (χ0v) is 13.4. The summed E-state index contributed by atoms with van der Waals surface area (Å²) in [7, 11) is 1.51. The number of hydrogen-bond acceptors (Lipinski definition) is 5. The summed E-state index contributed by atoms with van der Waals surface area (Å²) in [5.41, 5.74) is 0. The monoisotopic (exact) mass is 380 g/mol. The lowest BCUT2D eigenvalue weighted by molar-refractivity contribution is -0.144. The fourth-order valence-corrected chi connectivity index (χ4v) is 3.08. The van der Waals surface area contributed by atoms with Gasteiger partial charge in [-0.1, -0.05) is 0 Å². The summed E-state index contributed by atoms with van der Waals surface area (Å²) in [6.45, 7) is 0.490. The Morgan fingerprint density at radius 3 is 2.52 bits per heavy atom. The lowest BCUT2D eigenvalue weighted by Gasteiger charge is -2.11. The van der Waals surface area contributed by atoms with E-state index in [9.17, 15) is 13.2 Å². The van der Waals surface area contributed by atoms with Crippen LogP contribution in [0.25, 0.3) is 0 Å². The molecule has 0 bridgehead atoms. The Bertz CT molecular complexity index is 615. The van der Waals surface area contributed by atoms with Crippen LogP contribution >= 0.6 is 27.3 Å². The molecule has 9 heteroatoms. The molecule has 2 aromatic heterocycles. The molecule has 2 N–H and O–H groups in total. The van der Waals surface area contributed by atoms with Crippen LogP contribution in [0.15, 0.2) is 22.0 Å². The molecule has 0 aliphatic heterocycles. The van der Waals surface area contributed by atoms with Crippen molar-refractivity contribution in [2.45, 2.75) is 12.6 Å². The molecule has 0 aliphatic rings. The highest BCUT2D eigenvalue weighted by atomic mass is 79.9. The van der Waals surface area contributed by atoms with Crippen molar-refractivity contribution in [1.82, 2.24) is 9.97 Å². The zero-order chi connectivity index (χ0) is 15.5. The molecule has 0 radical (unpaired) electrons. The van der Waals surface area contributed by atoms with Crippen LogP contribution in [-0.2, 0) is 12.6 Å². The molecule has 2 aromatic rings. The molecule has 0 atom stereocenters. The van der Waals surface area contributed by atoms with Gasteiger partial charge in [-0.05, 0) is 34.5 Å². The van der Waals surface area contributed by atoms with Crippen LogP contribution in [0.2, 0.25) is 0 Å². The van der Waals surface area contributed by atoms with E-state index in [0.717, 1.165) is 8.66 Å². The van der Waals surface area contributed by atoms with Gasteiger partial charge in [-0.25, -0.2) is 9.97 Å². The molecule has 0 aromatic carbocycles. The summed E-state index contributed by atoms with van der Waals surface area (Å²) in [5, 5.41) is 5.49. The van der Waals surface area contributed by atoms with Crippen LogP contribution in [0.5, 0.6) is 0 Å². The predicted octanol–water partition coefficient (Wildman–Crippen LogP) is 4.02. The van der Waals surface area contributed by atoms with Crippen molar-refractivity contribution < 1.29 is 13.2 Å². The zero-order valence-electron chi connectivity index (χ0n) is 11.0.